The molecule has 0 saturated heterocycles. The topological polar surface area (TPSA) is 105 Å². The van der Waals surface area contributed by atoms with E-state index in [0.717, 1.165) is 19.3 Å². The van der Waals surface area contributed by atoms with Crippen LogP contribution in [0.3, 0.4) is 0 Å². The Labute approximate surface area is 205 Å². The molecule has 2 fully saturated rings. The molecule has 0 bridgehead atoms. The van der Waals surface area contributed by atoms with E-state index in [1.807, 2.05) is 24.3 Å². The summed E-state index contributed by atoms with van der Waals surface area (Å²) in [5.74, 6) is -1.55. The molecule has 0 aliphatic heterocycles. The zero-order valence-corrected chi connectivity index (χ0v) is 19.7. The summed E-state index contributed by atoms with van der Waals surface area (Å²) < 4.78 is 5.57. The molecule has 7 heteroatoms. The third kappa shape index (κ3) is 5.04. The van der Waals surface area contributed by atoms with E-state index >= 15 is 0 Å². The average molecular weight is 477 g/mol. The Bertz CT molecular complexity index is 1070. The molecule has 184 valence electrons. The van der Waals surface area contributed by atoms with E-state index in [1.54, 1.807) is 0 Å². The quantitative estimate of drug-likeness (QED) is 0.517. The van der Waals surface area contributed by atoms with E-state index in [-0.39, 0.29) is 36.3 Å². The number of amides is 2. The largest absolute Gasteiger partial charge is 0.481 e. The van der Waals surface area contributed by atoms with Gasteiger partial charge in [-0.15, -0.1) is 0 Å². The number of carboxylic acid groups (broad SMARTS) is 1. The number of nitrogens with one attached hydrogen (secondary N) is 2. The van der Waals surface area contributed by atoms with Crippen LogP contribution >= 0.6 is 0 Å². The number of hydrogen-bond acceptors (Lipinski definition) is 4. The van der Waals surface area contributed by atoms with Gasteiger partial charge in [0.05, 0.1) is 5.92 Å². The number of rotatable bonds is 7. The average Bonchev–Trinajstić information content (AvgIpc) is 3.62. The van der Waals surface area contributed by atoms with Gasteiger partial charge in [-0.05, 0) is 47.4 Å². The van der Waals surface area contributed by atoms with Gasteiger partial charge >= 0.3 is 12.1 Å². The van der Waals surface area contributed by atoms with Crippen molar-refractivity contribution in [2.24, 2.45) is 17.8 Å². The second-order valence-electron chi connectivity index (χ2n) is 10.0. The van der Waals surface area contributed by atoms with Gasteiger partial charge in [0, 0.05) is 24.4 Å². The molecule has 0 heterocycles. The van der Waals surface area contributed by atoms with Crippen LogP contribution in [-0.4, -0.2) is 42.3 Å². The maximum atomic E-state index is 12.7. The number of ether oxygens (including phenoxy) is 1. The van der Waals surface area contributed by atoms with Gasteiger partial charge in [0.2, 0.25) is 5.91 Å². The summed E-state index contributed by atoms with van der Waals surface area (Å²) in [6.45, 7) is 0.633. The van der Waals surface area contributed by atoms with Crippen LogP contribution in [0.15, 0.2) is 48.5 Å². The van der Waals surface area contributed by atoms with E-state index < -0.39 is 18.0 Å². The zero-order valence-electron chi connectivity index (χ0n) is 19.7. The molecule has 2 saturated carbocycles. The Hall–Kier alpha value is -3.35. The predicted octanol–water partition coefficient (Wildman–Crippen LogP) is 4.31. The van der Waals surface area contributed by atoms with Crippen molar-refractivity contribution in [1.29, 1.82) is 0 Å². The van der Waals surface area contributed by atoms with Crippen LogP contribution in [0.4, 0.5) is 4.79 Å². The lowest BCUT2D eigenvalue weighted by Crippen LogP contribution is -2.43. The normalized spacial score (nSPS) is 25.0. The maximum Gasteiger partial charge on any atom is 0.407 e. The fraction of sp³-hybridized carbons (Fsp3) is 0.464. The Balaban J connectivity index is 1.09. The van der Waals surface area contributed by atoms with Gasteiger partial charge < -0.3 is 20.5 Å². The molecule has 3 N–H and O–H groups in total. The first-order valence-electron chi connectivity index (χ1n) is 12.6. The minimum atomic E-state index is -0.832. The Kier molecular flexibility index (Phi) is 6.75. The van der Waals surface area contributed by atoms with Crippen LogP contribution in [0.5, 0.6) is 0 Å². The first-order valence-corrected chi connectivity index (χ1v) is 12.6. The third-order valence-electron chi connectivity index (χ3n) is 7.77. The molecule has 2 aromatic rings. The molecule has 7 nitrogen and oxygen atoms in total. The molecule has 3 aliphatic carbocycles. The highest BCUT2D eigenvalue weighted by Crippen LogP contribution is 2.44. The summed E-state index contributed by atoms with van der Waals surface area (Å²) >= 11 is 0. The zero-order chi connectivity index (χ0) is 24.4. The van der Waals surface area contributed by atoms with Gasteiger partial charge in [0.15, 0.2) is 0 Å². The molecule has 3 aliphatic rings. The lowest BCUT2D eigenvalue weighted by Gasteiger charge is -2.23. The lowest BCUT2D eigenvalue weighted by atomic mass is 9.94. The second kappa shape index (κ2) is 10.1. The maximum absolute atomic E-state index is 12.7. The molecule has 35 heavy (non-hydrogen) atoms. The Morgan fingerprint density at radius 1 is 0.886 bits per heavy atom. The Morgan fingerprint density at radius 3 is 2.23 bits per heavy atom. The minimum Gasteiger partial charge on any atom is -0.481 e. The molecule has 4 atom stereocenters. The van der Waals surface area contributed by atoms with Crippen molar-refractivity contribution in [1.82, 2.24) is 10.6 Å². The smallest absolute Gasteiger partial charge is 0.407 e. The van der Waals surface area contributed by atoms with Crippen LogP contribution in [0, 0.1) is 17.8 Å². The number of benzene rings is 2. The fourth-order valence-electron chi connectivity index (χ4n) is 5.72. The summed E-state index contributed by atoms with van der Waals surface area (Å²) in [6.07, 6.45) is 4.36. The number of carbonyl (C=O) groups is 3. The van der Waals surface area contributed by atoms with Crippen LogP contribution in [-0.2, 0) is 14.3 Å². The van der Waals surface area contributed by atoms with E-state index in [2.05, 4.69) is 34.9 Å². The molecule has 0 radical (unpaired) electrons. The molecule has 0 aromatic heterocycles. The highest BCUT2D eigenvalue weighted by molar-refractivity contribution is 5.83. The highest BCUT2D eigenvalue weighted by Gasteiger charge is 2.44. The first-order chi connectivity index (χ1) is 17.0. The predicted molar refractivity (Wildman–Crippen MR) is 131 cm³/mol. The SMILES string of the molecule is O=C(NCC1CC1C(=O)N[C@H]1CCCCC[C@H]1C(=O)O)OCC1c2ccccc2-c2ccccc21. The third-order valence-corrected chi connectivity index (χ3v) is 7.77. The number of aliphatic carboxylic acids is 1. The van der Waals surface area contributed by atoms with Gasteiger partial charge in [0.1, 0.15) is 6.61 Å². The molecular formula is C28H32N2O5. The van der Waals surface area contributed by atoms with Gasteiger partial charge in [0.25, 0.3) is 0 Å². The monoisotopic (exact) mass is 476 g/mol. The second-order valence-corrected chi connectivity index (χ2v) is 10.0. The van der Waals surface area contributed by atoms with Crippen molar-refractivity contribution in [3.8, 4) is 11.1 Å². The van der Waals surface area contributed by atoms with Crippen molar-refractivity contribution < 1.29 is 24.2 Å². The molecule has 5 rings (SSSR count). The van der Waals surface area contributed by atoms with E-state index in [1.165, 1.54) is 22.3 Å². The van der Waals surface area contributed by atoms with Crippen molar-refractivity contribution in [3.05, 3.63) is 59.7 Å². The summed E-state index contributed by atoms with van der Waals surface area (Å²) in [5.41, 5.74) is 4.70. The van der Waals surface area contributed by atoms with Crippen LogP contribution < -0.4 is 10.6 Å². The van der Waals surface area contributed by atoms with E-state index in [4.69, 9.17) is 4.74 Å². The van der Waals surface area contributed by atoms with Crippen LogP contribution in [0.2, 0.25) is 0 Å². The van der Waals surface area contributed by atoms with Crippen molar-refractivity contribution >= 4 is 18.0 Å². The molecule has 2 aromatic carbocycles. The number of carboxylic acids is 1. The summed E-state index contributed by atoms with van der Waals surface area (Å²) in [5, 5.41) is 15.3. The number of hydrogen-bond donors (Lipinski definition) is 3. The number of alkyl carbamates (subject to hydrolysis) is 1. The van der Waals surface area contributed by atoms with Crippen LogP contribution in [0.25, 0.3) is 11.1 Å². The first kappa shape index (κ1) is 23.4. The van der Waals surface area contributed by atoms with E-state index in [0.29, 0.717) is 25.8 Å². The van der Waals surface area contributed by atoms with Crippen LogP contribution in [0.1, 0.15) is 55.6 Å². The highest BCUT2D eigenvalue weighted by atomic mass is 16.5. The Morgan fingerprint density at radius 2 is 1.54 bits per heavy atom. The fourth-order valence-corrected chi connectivity index (χ4v) is 5.72. The van der Waals surface area contributed by atoms with Gasteiger partial charge in [-0.25, -0.2) is 4.79 Å². The van der Waals surface area contributed by atoms with Crippen molar-refractivity contribution in [2.45, 2.75) is 50.5 Å². The van der Waals surface area contributed by atoms with Gasteiger partial charge in [-0.3, -0.25) is 9.59 Å². The van der Waals surface area contributed by atoms with Crippen molar-refractivity contribution in [3.63, 3.8) is 0 Å². The number of fused-ring (bicyclic) bond motifs is 3. The molecule has 0 spiro atoms. The summed E-state index contributed by atoms with van der Waals surface area (Å²) in [6, 6.07) is 16.1. The standard InChI is InChI=1S/C28H32N2O5/c31-26(30-25-13-3-1-2-12-22(25)27(32)33)23-14-17(23)15-29-28(34)35-16-24-20-10-6-4-8-18(20)19-9-5-7-11-21(19)24/h4-11,17,22-25H,1-3,12-16H2,(H,29,34)(H,30,31)(H,32,33)/t17?,22-,23?,25+/m1/s1. The van der Waals surface area contributed by atoms with E-state index in [9.17, 15) is 19.5 Å². The lowest BCUT2D eigenvalue weighted by molar-refractivity contribution is -0.143. The number of carbonyl (C=O) groups excluding carboxylic acids is 2. The minimum absolute atomic E-state index is 0.00866. The molecule has 2 unspecified atom stereocenters. The van der Waals surface area contributed by atoms with Crippen molar-refractivity contribution in [2.75, 3.05) is 13.2 Å². The van der Waals surface area contributed by atoms with Gasteiger partial charge in [-0.1, -0.05) is 67.8 Å². The molecule has 2 amide bonds. The molecular weight excluding hydrogens is 444 g/mol. The summed E-state index contributed by atoms with van der Waals surface area (Å²) in [7, 11) is 0. The van der Waals surface area contributed by atoms with Gasteiger partial charge in [-0.2, -0.15) is 0 Å². The summed E-state index contributed by atoms with van der Waals surface area (Å²) in [4.78, 5) is 36.7.